The smallest absolute Gasteiger partial charge is 0.339 e. The van der Waals surface area contributed by atoms with Crippen LogP contribution < -0.4 is 15.2 Å². The monoisotopic (exact) mass is 345 g/mol. The van der Waals surface area contributed by atoms with Crippen molar-refractivity contribution in [1.29, 1.82) is 0 Å². The molecule has 7 heteroatoms. The zero-order chi connectivity index (χ0) is 15.3. The highest BCUT2D eigenvalue weighted by Gasteiger charge is 2.20. The Labute approximate surface area is 125 Å². The van der Waals surface area contributed by atoms with Crippen LogP contribution >= 0.6 is 15.9 Å². The number of esters is 1. The van der Waals surface area contributed by atoms with Gasteiger partial charge in [-0.1, -0.05) is 0 Å². The number of rotatable bonds is 6. The van der Waals surface area contributed by atoms with Crippen LogP contribution in [-0.2, 0) is 9.53 Å². The van der Waals surface area contributed by atoms with Crippen LogP contribution in [-0.4, -0.2) is 31.7 Å². The Morgan fingerprint density at radius 2 is 2.05 bits per heavy atom. The summed E-state index contributed by atoms with van der Waals surface area (Å²) in [5.74, 6) is -0.494. The molecule has 6 nitrogen and oxygen atoms in total. The molecule has 20 heavy (non-hydrogen) atoms. The molecule has 1 amide bonds. The summed E-state index contributed by atoms with van der Waals surface area (Å²) in [7, 11) is 1.50. The molecule has 1 atom stereocenters. The quantitative estimate of drug-likeness (QED) is 0.795. The molecule has 0 unspecified atom stereocenters. The van der Waals surface area contributed by atoms with E-state index in [1.54, 1.807) is 0 Å². The van der Waals surface area contributed by atoms with Gasteiger partial charge >= 0.3 is 5.97 Å². The number of nitrogens with two attached hydrogens (primary N) is 1. The van der Waals surface area contributed by atoms with Crippen LogP contribution in [0.2, 0.25) is 0 Å². The average molecular weight is 346 g/mol. The third-order valence-corrected chi connectivity index (χ3v) is 3.02. The Kier molecular flexibility index (Phi) is 5.82. The summed E-state index contributed by atoms with van der Waals surface area (Å²) in [4.78, 5) is 22.8. The molecular formula is C13H16BrNO5. The van der Waals surface area contributed by atoms with Crippen molar-refractivity contribution < 1.29 is 23.8 Å². The van der Waals surface area contributed by atoms with Gasteiger partial charge < -0.3 is 19.9 Å². The van der Waals surface area contributed by atoms with Crippen LogP contribution in [0, 0.1) is 0 Å². The van der Waals surface area contributed by atoms with Crippen LogP contribution in [0.5, 0.6) is 11.5 Å². The number of halogens is 1. The molecule has 0 bridgehead atoms. The molecule has 1 rings (SSSR count). The minimum absolute atomic E-state index is 0.231. The number of primary amides is 1. The summed E-state index contributed by atoms with van der Waals surface area (Å²) in [5.41, 5.74) is 5.28. The molecule has 0 aliphatic heterocycles. The Balaban J connectivity index is 3.07. The van der Waals surface area contributed by atoms with Crippen LogP contribution in [0.3, 0.4) is 0 Å². The minimum atomic E-state index is -1.00. The molecule has 0 aliphatic carbocycles. The van der Waals surface area contributed by atoms with Crippen molar-refractivity contribution in [3.05, 3.63) is 22.2 Å². The van der Waals surface area contributed by atoms with Gasteiger partial charge in [0.2, 0.25) is 0 Å². The first-order chi connectivity index (χ1) is 9.40. The van der Waals surface area contributed by atoms with Gasteiger partial charge in [0.25, 0.3) is 5.91 Å². The van der Waals surface area contributed by atoms with Crippen molar-refractivity contribution in [1.82, 2.24) is 0 Å². The van der Waals surface area contributed by atoms with Crippen LogP contribution in [0.15, 0.2) is 16.6 Å². The summed E-state index contributed by atoms with van der Waals surface area (Å²) >= 11 is 3.29. The molecule has 2 N–H and O–H groups in total. The van der Waals surface area contributed by atoms with Crippen molar-refractivity contribution in [2.45, 2.75) is 20.0 Å². The second kappa shape index (κ2) is 7.14. The predicted octanol–water partition coefficient (Wildman–Crippen LogP) is 1.89. The van der Waals surface area contributed by atoms with E-state index in [0.717, 1.165) is 0 Å². The Morgan fingerprint density at radius 1 is 1.40 bits per heavy atom. The lowest BCUT2D eigenvalue weighted by molar-refractivity contribution is -0.125. The second-order valence-corrected chi connectivity index (χ2v) is 4.73. The van der Waals surface area contributed by atoms with Crippen LogP contribution in [0.25, 0.3) is 0 Å². The molecule has 1 aromatic rings. The maximum atomic E-state index is 11.9. The van der Waals surface area contributed by atoms with Crippen molar-refractivity contribution in [2.75, 3.05) is 13.7 Å². The summed E-state index contributed by atoms with van der Waals surface area (Å²) in [6, 6.07) is 3.01. The lowest BCUT2D eigenvalue weighted by Gasteiger charge is -2.14. The fourth-order valence-corrected chi connectivity index (χ4v) is 2.04. The van der Waals surface area contributed by atoms with E-state index in [2.05, 4.69) is 15.9 Å². The van der Waals surface area contributed by atoms with Gasteiger partial charge in [-0.3, -0.25) is 4.79 Å². The third kappa shape index (κ3) is 3.86. The molecule has 0 aliphatic rings. The number of carbonyl (C=O) groups is 2. The Bertz CT molecular complexity index is 518. The number of carbonyl (C=O) groups excluding carboxylic acids is 2. The SMILES string of the molecule is CCOc1cc(C(=O)O[C@@H](C)C(N)=O)cc(Br)c1OC. The number of ether oxygens (including phenoxy) is 3. The zero-order valence-electron chi connectivity index (χ0n) is 11.4. The lowest BCUT2D eigenvalue weighted by Crippen LogP contribution is -2.30. The first-order valence-electron chi connectivity index (χ1n) is 5.91. The average Bonchev–Trinajstić information content (AvgIpc) is 2.38. The van der Waals surface area contributed by atoms with E-state index < -0.39 is 18.0 Å². The van der Waals surface area contributed by atoms with Gasteiger partial charge in [-0.25, -0.2) is 4.79 Å². The number of hydrogen-bond donors (Lipinski definition) is 1. The van der Waals surface area contributed by atoms with Gasteiger partial charge in [0, 0.05) is 0 Å². The highest BCUT2D eigenvalue weighted by Crippen LogP contribution is 2.36. The van der Waals surface area contributed by atoms with E-state index in [4.69, 9.17) is 19.9 Å². The van der Waals surface area contributed by atoms with E-state index in [1.807, 2.05) is 6.92 Å². The van der Waals surface area contributed by atoms with Crippen molar-refractivity contribution in [3.63, 3.8) is 0 Å². The van der Waals surface area contributed by atoms with Crippen LogP contribution in [0.4, 0.5) is 0 Å². The molecular weight excluding hydrogens is 330 g/mol. The number of amides is 1. The van der Waals surface area contributed by atoms with E-state index in [1.165, 1.54) is 26.2 Å². The summed E-state index contributed by atoms with van der Waals surface area (Å²) < 4.78 is 16.1. The molecule has 110 valence electrons. The van der Waals surface area contributed by atoms with Crippen LogP contribution in [0.1, 0.15) is 24.2 Å². The Morgan fingerprint density at radius 3 is 2.55 bits per heavy atom. The first-order valence-corrected chi connectivity index (χ1v) is 6.70. The predicted molar refractivity (Wildman–Crippen MR) is 75.9 cm³/mol. The first kappa shape index (κ1) is 16.3. The molecule has 0 fully saturated rings. The van der Waals surface area contributed by atoms with E-state index >= 15 is 0 Å². The Hall–Kier alpha value is -1.76. The highest BCUT2D eigenvalue weighted by molar-refractivity contribution is 9.10. The fourth-order valence-electron chi connectivity index (χ4n) is 1.43. The zero-order valence-corrected chi connectivity index (χ0v) is 13.0. The maximum absolute atomic E-state index is 11.9. The molecule has 0 heterocycles. The van der Waals surface area contributed by atoms with Gasteiger partial charge in [0.1, 0.15) is 0 Å². The van der Waals surface area contributed by atoms with E-state index in [-0.39, 0.29) is 5.56 Å². The summed E-state index contributed by atoms with van der Waals surface area (Å²) in [6.07, 6.45) is -1.00. The lowest BCUT2D eigenvalue weighted by atomic mass is 10.2. The van der Waals surface area contributed by atoms with Crippen molar-refractivity contribution >= 4 is 27.8 Å². The molecule has 0 saturated heterocycles. The summed E-state index contributed by atoms with van der Waals surface area (Å²) in [6.45, 7) is 3.63. The third-order valence-electron chi connectivity index (χ3n) is 2.43. The number of hydrogen-bond acceptors (Lipinski definition) is 5. The maximum Gasteiger partial charge on any atom is 0.339 e. The molecule has 0 radical (unpaired) electrons. The van der Waals surface area contributed by atoms with Gasteiger partial charge in [-0.15, -0.1) is 0 Å². The van der Waals surface area contributed by atoms with Crippen molar-refractivity contribution in [3.8, 4) is 11.5 Å². The topological polar surface area (TPSA) is 87.9 Å². The second-order valence-electron chi connectivity index (χ2n) is 3.87. The number of methoxy groups -OCH3 is 1. The molecule has 1 aromatic carbocycles. The fraction of sp³-hybridized carbons (Fsp3) is 0.385. The van der Waals surface area contributed by atoms with Gasteiger partial charge in [-0.05, 0) is 41.9 Å². The largest absolute Gasteiger partial charge is 0.492 e. The summed E-state index contributed by atoms with van der Waals surface area (Å²) in [5, 5.41) is 0. The molecule has 0 spiro atoms. The molecule has 0 saturated carbocycles. The normalized spacial score (nSPS) is 11.6. The van der Waals surface area contributed by atoms with Crippen molar-refractivity contribution in [2.24, 2.45) is 5.73 Å². The van der Waals surface area contributed by atoms with Gasteiger partial charge in [0.15, 0.2) is 17.6 Å². The standard InChI is InChI=1S/C13H16BrNO5/c1-4-19-10-6-8(5-9(14)11(10)18-3)13(17)20-7(2)12(15)16/h5-7H,4H2,1-3H3,(H2,15,16)/t7-/m0/s1. The van der Waals surface area contributed by atoms with Gasteiger partial charge in [-0.2, -0.15) is 0 Å². The minimum Gasteiger partial charge on any atom is -0.492 e. The molecule has 0 aromatic heterocycles. The van der Waals surface area contributed by atoms with Gasteiger partial charge in [0.05, 0.1) is 23.8 Å². The highest BCUT2D eigenvalue weighted by atomic mass is 79.9. The number of benzene rings is 1. The van der Waals surface area contributed by atoms with E-state index in [9.17, 15) is 9.59 Å². The van der Waals surface area contributed by atoms with E-state index in [0.29, 0.717) is 22.6 Å².